The Balaban J connectivity index is 2.42. The Bertz CT molecular complexity index is 162. The Morgan fingerprint density at radius 1 is 1.64 bits per heavy atom. The van der Waals surface area contributed by atoms with Gasteiger partial charge in [0.1, 0.15) is 6.04 Å². The molecule has 0 unspecified atom stereocenters. The third-order valence-electron chi connectivity index (χ3n) is 1.70. The van der Waals surface area contributed by atoms with E-state index in [0.717, 1.165) is 0 Å². The van der Waals surface area contributed by atoms with Crippen molar-refractivity contribution in [2.24, 2.45) is 0 Å². The summed E-state index contributed by atoms with van der Waals surface area (Å²) < 4.78 is 24.8. The van der Waals surface area contributed by atoms with Crippen LogP contribution in [0.4, 0.5) is 8.78 Å². The van der Waals surface area contributed by atoms with Crippen molar-refractivity contribution in [1.29, 1.82) is 0 Å². The zero-order valence-electron chi connectivity index (χ0n) is 5.81. The molecule has 1 aliphatic rings. The Labute approximate surface area is 62.4 Å². The summed E-state index contributed by atoms with van der Waals surface area (Å²) in [5.41, 5.74) is 0. The molecule has 1 rings (SSSR count). The van der Waals surface area contributed by atoms with Crippen molar-refractivity contribution in [3.8, 4) is 0 Å². The quantitative estimate of drug-likeness (QED) is 0.593. The molecule has 11 heavy (non-hydrogen) atoms. The van der Waals surface area contributed by atoms with Crippen LogP contribution in [0.3, 0.4) is 0 Å². The van der Waals surface area contributed by atoms with Crippen molar-refractivity contribution < 1.29 is 18.7 Å². The number of carbonyl (C=O) groups is 1. The first-order valence-corrected chi connectivity index (χ1v) is 3.35. The number of aliphatic carboxylic acids is 1. The summed E-state index contributed by atoms with van der Waals surface area (Å²) in [6.45, 7) is -0.524. The van der Waals surface area contributed by atoms with E-state index in [0.29, 0.717) is 0 Å². The maximum Gasteiger partial charge on any atom is 0.320 e. The standard InChI is InChI=1S/C6H9F2NO2/c7-6(8)2-1-4(5(10)11)9-3-6/h4,9H,1-3H2,(H,10,11)/t4-/m1/s1. The van der Waals surface area contributed by atoms with Crippen molar-refractivity contribution in [1.82, 2.24) is 5.32 Å². The smallest absolute Gasteiger partial charge is 0.320 e. The van der Waals surface area contributed by atoms with E-state index in [1.165, 1.54) is 0 Å². The van der Waals surface area contributed by atoms with Gasteiger partial charge in [-0.15, -0.1) is 0 Å². The Morgan fingerprint density at radius 2 is 2.27 bits per heavy atom. The van der Waals surface area contributed by atoms with Gasteiger partial charge < -0.3 is 5.11 Å². The summed E-state index contributed by atoms with van der Waals surface area (Å²) in [5.74, 6) is -3.79. The number of piperidine rings is 1. The molecule has 3 nitrogen and oxygen atoms in total. The van der Waals surface area contributed by atoms with Gasteiger partial charge in [0.25, 0.3) is 5.92 Å². The number of alkyl halides is 2. The molecule has 1 saturated heterocycles. The van der Waals surface area contributed by atoms with Gasteiger partial charge in [0.15, 0.2) is 0 Å². The van der Waals surface area contributed by atoms with Crippen LogP contribution < -0.4 is 5.32 Å². The molecule has 0 aromatic rings. The minimum Gasteiger partial charge on any atom is -0.480 e. The minimum absolute atomic E-state index is 0.00231. The van der Waals surface area contributed by atoms with Crippen molar-refractivity contribution in [3.05, 3.63) is 0 Å². The minimum atomic E-state index is -2.73. The molecule has 1 heterocycles. The van der Waals surface area contributed by atoms with Crippen LogP contribution in [-0.4, -0.2) is 29.6 Å². The maximum absolute atomic E-state index is 12.4. The average molecular weight is 165 g/mol. The van der Waals surface area contributed by atoms with Gasteiger partial charge in [-0.25, -0.2) is 8.78 Å². The predicted molar refractivity (Wildman–Crippen MR) is 33.6 cm³/mol. The van der Waals surface area contributed by atoms with Crippen LogP contribution in [0.2, 0.25) is 0 Å². The zero-order chi connectivity index (χ0) is 8.48. The molecule has 2 N–H and O–H groups in total. The molecule has 64 valence electrons. The summed E-state index contributed by atoms with van der Waals surface area (Å²) in [5, 5.41) is 10.7. The second kappa shape index (κ2) is 2.73. The molecule has 0 amide bonds. The highest BCUT2D eigenvalue weighted by Gasteiger charge is 2.36. The maximum atomic E-state index is 12.4. The third-order valence-corrected chi connectivity index (χ3v) is 1.70. The summed E-state index contributed by atoms with van der Waals surface area (Å²) in [7, 11) is 0. The van der Waals surface area contributed by atoms with Crippen LogP contribution in [-0.2, 0) is 4.79 Å². The number of halogens is 2. The Kier molecular flexibility index (Phi) is 2.08. The van der Waals surface area contributed by atoms with Crippen LogP contribution in [0.25, 0.3) is 0 Å². The second-order valence-corrected chi connectivity index (χ2v) is 2.67. The number of carboxylic acid groups (broad SMARTS) is 1. The van der Waals surface area contributed by atoms with E-state index in [-0.39, 0.29) is 12.8 Å². The third kappa shape index (κ3) is 2.11. The Hall–Kier alpha value is -0.710. The van der Waals surface area contributed by atoms with Gasteiger partial charge in [-0.05, 0) is 6.42 Å². The lowest BCUT2D eigenvalue weighted by Crippen LogP contribution is -2.48. The van der Waals surface area contributed by atoms with E-state index in [1.807, 2.05) is 0 Å². The van der Waals surface area contributed by atoms with E-state index in [4.69, 9.17) is 5.11 Å². The van der Waals surface area contributed by atoms with Crippen LogP contribution in [0.15, 0.2) is 0 Å². The van der Waals surface area contributed by atoms with Gasteiger partial charge in [-0.3, -0.25) is 10.1 Å². The zero-order valence-corrected chi connectivity index (χ0v) is 5.81. The van der Waals surface area contributed by atoms with Crippen molar-refractivity contribution in [2.75, 3.05) is 6.54 Å². The number of hydrogen-bond donors (Lipinski definition) is 2. The molecule has 1 fully saturated rings. The molecular weight excluding hydrogens is 156 g/mol. The fraction of sp³-hybridized carbons (Fsp3) is 0.833. The van der Waals surface area contributed by atoms with Gasteiger partial charge >= 0.3 is 5.97 Å². The molecule has 0 aliphatic carbocycles. The predicted octanol–water partition coefficient (Wildman–Crippen LogP) is 0.458. The van der Waals surface area contributed by atoms with Crippen molar-refractivity contribution in [3.63, 3.8) is 0 Å². The number of hydrogen-bond acceptors (Lipinski definition) is 2. The highest BCUT2D eigenvalue weighted by Crippen LogP contribution is 2.24. The monoisotopic (exact) mass is 165 g/mol. The number of nitrogens with one attached hydrogen (secondary N) is 1. The lowest BCUT2D eigenvalue weighted by molar-refractivity contribution is -0.142. The summed E-state index contributed by atoms with van der Waals surface area (Å²) in [4.78, 5) is 10.3. The molecule has 0 aromatic heterocycles. The number of rotatable bonds is 1. The molecule has 1 atom stereocenters. The fourth-order valence-electron chi connectivity index (χ4n) is 1.03. The first-order valence-electron chi connectivity index (χ1n) is 3.35. The van der Waals surface area contributed by atoms with Crippen molar-refractivity contribution in [2.45, 2.75) is 24.8 Å². The second-order valence-electron chi connectivity index (χ2n) is 2.67. The van der Waals surface area contributed by atoms with Crippen LogP contribution in [0, 0.1) is 0 Å². The van der Waals surface area contributed by atoms with Gasteiger partial charge in [-0.2, -0.15) is 0 Å². The normalized spacial score (nSPS) is 29.8. The molecule has 0 radical (unpaired) electrons. The molecular formula is C6H9F2NO2. The lowest BCUT2D eigenvalue weighted by atomic mass is 10.0. The van der Waals surface area contributed by atoms with E-state index >= 15 is 0 Å². The van der Waals surface area contributed by atoms with E-state index < -0.39 is 24.5 Å². The summed E-state index contributed by atoms with van der Waals surface area (Å²) >= 11 is 0. The van der Waals surface area contributed by atoms with E-state index in [1.54, 1.807) is 0 Å². The lowest BCUT2D eigenvalue weighted by Gasteiger charge is -2.26. The van der Waals surface area contributed by atoms with Crippen LogP contribution >= 0.6 is 0 Å². The first kappa shape index (κ1) is 8.39. The topological polar surface area (TPSA) is 49.3 Å². The van der Waals surface area contributed by atoms with Gasteiger partial charge in [0.05, 0.1) is 6.54 Å². The number of carboxylic acids is 1. The molecule has 1 aliphatic heterocycles. The molecule has 0 aromatic carbocycles. The van der Waals surface area contributed by atoms with Gasteiger partial charge in [0.2, 0.25) is 0 Å². The van der Waals surface area contributed by atoms with E-state index in [9.17, 15) is 13.6 Å². The Morgan fingerprint density at radius 3 is 2.64 bits per heavy atom. The highest BCUT2D eigenvalue weighted by molar-refractivity contribution is 5.73. The molecule has 0 saturated carbocycles. The van der Waals surface area contributed by atoms with Gasteiger partial charge in [-0.1, -0.05) is 0 Å². The van der Waals surface area contributed by atoms with E-state index in [2.05, 4.69) is 5.32 Å². The average Bonchev–Trinajstić information content (AvgIpc) is 1.86. The van der Waals surface area contributed by atoms with Crippen molar-refractivity contribution >= 4 is 5.97 Å². The molecule has 0 spiro atoms. The molecule has 0 bridgehead atoms. The van der Waals surface area contributed by atoms with Crippen LogP contribution in [0.5, 0.6) is 0 Å². The SMILES string of the molecule is O=C(O)[C@H]1CCC(F)(F)CN1. The first-order chi connectivity index (χ1) is 5.01. The van der Waals surface area contributed by atoms with Gasteiger partial charge in [0, 0.05) is 6.42 Å². The molecule has 5 heteroatoms. The summed E-state index contributed by atoms with van der Waals surface area (Å²) in [6, 6.07) is -0.797. The fourth-order valence-corrected chi connectivity index (χ4v) is 1.03. The largest absolute Gasteiger partial charge is 0.480 e. The summed E-state index contributed by atoms with van der Waals surface area (Å²) in [6.07, 6.45) is -0.334. The highest BCUT2D eigenvalue weighted by atomic mass is 19.3. The van der Waals surface area contributed by atoms with Crippen LogP contribution in [0.1, 0.15) is 12.8 Å².